The SMILES string of the molecule is [CH2]c1cc(OC)c(OCc2ccc(OC)nc2)cc1N1C=CN(c2cncnc2)C1. The lowest BCUT2D eigenvalue weighted by Gasteiger charge is -2.23. The summed E-state index contributed by atoms with van der Waals surface area (Å²) in [4.78, 5) is 16.5. The molecule has 1 aliphatic rings. The standard InChI is InChI=1S/C22H22N5O3/c1-16-8-20(28-2)21(30-13-17-4-5-22(29-3)25-10-17)9-19(16)27-7-6-26(15-27)18-11-23-14-24-12-18/h4-12,14H,1,13,15H2,2-3H3. The van der Waals surface area contributed by atoms with E-state index in [4.69, 9.17) is 14.2 Å². The lowest BCUT2D eigenvalue weighted by Crippen LogP contribution is -2.25. The molecule has 0 saturated heterocycles. The summed E-state index contributed by atoms with van der Waals surface area (Å²) in [5, 5.41) is 0. The number of hydrogen-bond acceptors (Lipinski definition) is 8. The van der Waals surface area contributed by atoms with Crippen molar-refractivity contribution < 1.29 is 14.2 Å². The Balaban J connectivity index is 1.52. The Bertz CT molecular complexity index is 1020. The highest BCUT2D eigenvalue weighted by molar-refractivity contribution is 5.67. The van der Waals surface area contributed by atoms with Crippen molar-refractivity contribution in [3.8, 4) is 17.4 Å². The van der Waals surface area contributed by atoms with Gasteiger partial charge in [-0.05, 0) is 24.6 Å². The Morgan fingerprint density at radius 2 is 1.77 bits per heavy atom. The molecule has 0 bridgehead atoms. The third kappa shape index (κ3) is 4.12. The predicted molar refractivity (Wildman–Crippen MR) is 114 cm³/mol. The maximum absolute atomic E-state index is 6.04. The summed E-state index contributed by atoms with van der Waals surface area (Å²) < 4.78 is 16.6. The van der Waals surface area contributed by atoms with E-state index in [1.807, 2.05) is 35.5 Å². The first-order chi connectivity index (χ1) is 14.7. The van der Waals surface area contributed by atoms with Crippen LogP contribution in [-0.4, -0.2) is 35.8 Å². The van der Waals surface area contributed by atoms with Crippen LogP contribution in [0.1, 0.15) is 11.1 Å². The fraction of sp³-hybridized carbons (Fsp3) is 0.182. The van der Waals surface area contributed by atoms with Gasteiger partial charge in [0.15, 0.2) is 11.5 Å². The predicted octanol–water partition coefficient (Wildman–Crippen LogP) is 3.41. The molecule has 0 aliphatic carbocycles. The largest absolute Gasteiger partial charge is 0.493 e. The molecule has 3 aromatic rings. The van der Waals surface area contributed by atoms with E-state index < -0.39 is 0 Å². The van der Waals surface area contributed by atoms with Gasteiger partial charge in [-0.1, -0.05) is 0 Å². The Kier molecular flexibility index (Phi) is 5.65. The van der Waals surface area contributed by atoms with Crippen molar-refractivity contribution in [2.24, 2.45) is 0 Å². The first kappa shape index (κ1) is 19.5. The van der Waals surface area contributed by atoms with Crippen molar-refractivity contribution in [3.05, 3.63) is 79.6 Å². The number of benzene rings is 1. The van der Waals surface area contributed by atoms with Gasteiger partial charge in [-0.25, -0.2) is 15.0 Å². The quantitative estimate of drug-likeness (QED) is 0.593. The van der Waals surface area contributed by atoms with Crippen molar-refractivity contribution in [2.45, 2.75) is 6.61 Å². The topological polar surface area (TPSA) is 72.8 Å². The normalized spacial score (nSPS) is 12.9. The molecule has 1 aromatic carbocycles. The molecule has 8 heteroatoms. The summed E-state index contributed by atoms with van der Waals surface area (Å²) in [7, 11) is 3.20. The molecule has 0 amide bonds. The van der Waals surface area contributed by atoms with Gasteiger partial charge in [0.25, 0.3) is 0 Å². The maximum atomic E-state index is 6.04. The molecular weight excluding hydrogens is 382 g/mol. The second-order valence-electron chi connectivity index (χ2n) is 6.61. The molecule has 0 saturated carbocycles. The number of methoxy groups -OCH3 is 2. The molecule has 30 heavy (non-hydrogen) atoms. The van der Waals surface area contributed by atoms with Crippen molar-refractivity contribution in [1.82, 2.24) is 15.0 Å². The van der Waals surface area contributed by atoms with Crippen LogP contribution in [-0.2, 0) is 6.61 Å². The van der Waals surface area contributed by atoms with E-state index >= 15 is 0 Å². The fourth-order valence-corrected chi connectivity index (χ4v) is 3.09. The van der Waals surface area contributed by atoms with Crippen LogP contribution in [0, 0.1) is 6.92 Å². The molecule has 1 radical (unpaired) electrons. The molecule has 4 rings (SSSR count). The zero-order valence-electron chi connectivity index (χ0n) is 16.9. The van der Waals surface area contributed by atoms with Crippen LogP contribution in [0.4, 0.5) is 11.4 Å². The van der Waals surface area contributed by atoms with E-state index in [0.29, 0.717) is 30.7 Å². The minimum Gasteiger partial charge on any atom is -0.493 e. The Hall–Kier alpha value is -3.81. The van der Waals surface area contributed by atoms with Gasteiger partial charge >= 0.3 is 0 Å². The summed E-state index contributed by atoms with van der Waals surface area (Å²) >= 11 is 0. The molecule has 2 aromatic heterocycles. The van der Waals surface area contributed by atoms with E-state index in [2.05, 4.69) is 26.8 Å². The number of hydrogen-bond donors (Lipinski definition) is 0. The Morgan fingerprint density at radius 1 is 0.967 bits per heavy atom. The third-order valence-corrected chi connectivity index (χ3v) is 4.69. The lowest BCUT2D eigenvalue weighted by atomic mass is 10.1. The van der Waals surface area contributed by atoms with Gasteiger partial charge in [-0.3, -0.25) is 0 Å². The summed E-state index contributed by atoms with van der Waals surface area (Å²) in [5.74, 6) is 1.82. The van der Waals surface area contributed by atoms with Crippen molar-refractivity contribution in [2.75, 3.05) is 30.7 Å². The van der Waals surface area contributed by atoms with Gasteiger partial charge in [0.1, 0.15) is 12.9 Å². The molecule has 1 aliphatic heterocycles. The summed E-state index contributed by atoms with van der Waals surface area (Å²) in [6.07, 6.45) is 10.8. The second-order valence-corrected chi connectivity index (χ2v) is 6.61. The number of ether oxygens (including phenoxy) is 3. The molecule has 0 N–H and O–H groups in total. The van der Waals surface area contributed by atoms with Gasteiger partial charge in [0.2, 0.25) is 5.88 Å². The van der Waals surface area contributed by atoms with Crippen molar-refractivity contribution in [3.63, 3.8) is 0 Å². The fourth-order valence-electron chi connectivity index (χ4n) is 3.09. The lowest BCUT2D eigenvalue weighted by molar-refractivity contribution is 0.284. The second kappa shape index (κ2) is 8.69. The molecule has 8 nitrogen and oxygen atoms in total. The molecule has 3 heterocycles. The van der Waals surface area contributed by atoms with Gasteiger partial charge in [-0.15, -0.1) is 0 Å². The Labute approximate surface area is 175 Å². The van der Waals surface area contributed by atoms with Gasteiger partial charge in [0, 0.05) is 42.0 Å². The first-order valence-corrected chi connectivity index (χ1v) is 9.30. The van der Waals surface area contributed by atoms with Crippen molar-refractivity contribution in [1.29, 1.82) is 0 Å². The van der Waals surface area contributed by atoms with Gasteiger partial charge < -0.3 is 24.0 Å². The van der Waals surface area contributed by atoms with Crippen LogP contribution in [0.25, 0.3) is 0 Å². The summed E-state index contributed by atoms with van der Waals surface area (Å²) in [6, 6.07) is 7.53. The molecule has 0 fully saturated rings. The minimum atomic E-state index is 0.354. The molecular formula is C22H22N5O3. The summed E-state index contributed by atoms with van der Waals surface area (Å²) in [5.41, 5.74) is 3.60. The van der Waals surface area contributed by atoms with E-state index in [-0.39, 0.29) is 0 Å². The van der Waals surface area contributed by atoms with E-state index in [0.717, 1.165) is 22.5 Å². The van der Waals surface area contributed by atoms with E-state index in [9.17, 15) is 0 Å². The zero-order valence-corrected chi connectivity index (χ0v) is 16.9. The maximum Gasteiger partial charge on any atom is 0.212 e. The van der Waals surface area contributed by atoms with Crippen LogP contribution in [0.5, 0.6) is 17.4 Å². The smallest absolute Gasteiger partial charge is 0.212 e. The number of pyridine rings is 1. The number of aromatic nitrogens is 3. The Morgan fingerprint density at radius 3 is 2.47 bits per heavy atom. The summed E-state index contributed by atoms with van der Waals surface area (Å²) in [6.45, 7) is 5.14. The highest BCUT2D eigenvalue weighted by Crippen LogP contribution is 2.37. The number of anilines is 2. The first-order valence-electron chi connectivity index (χ1n) is 9.30. The molecule has 0 spiro atoms. The van der Waals surface area contributed by atoms with Crippen LogP contribution < -0.4 is 24.0 Å². The van der Waals surface area contributed by atoms with Gasteiger partial charge in [0.05, 0.1) is 39.0 Å². The average molecular weight is 404 g/mol. The van der Waals surface area contributed by atoms with E-state index in [1.54, 1.807) is 38.9 Å². The van der Waals surface area contributed by atoms with Gasteiger partial charge in [-0.2, -0.15) is 0 Å². The minimum absolute atomic E-state index is 0.354. The molecule has 0 unspecified atom stereocenters. The van der Waals surface area contributed by atoms with Crippen LogP contribution in [0.15, 0.2) is 61.6 Å². The average Bonchev–Trinajstić information content (AvgIpc) is 3.29. The van der Waals surface area contributed by atoms with Crippen molar-refractivity contribution >= 4 is 11.4 Å². The van der Waals surface area contributed by atoms with Crippen LogP contribution in [0.3, 0.4) is 0 Å². The molecule has 153 valence electrons. The number of rotatable bonds is 7. The molecule has 0 atom stereocenters. The zero-order chi connectivity index (χ0) is 20.9. The number of nitrogens with zero attached hydrogens (tertiary/aromatic N) is 5. The third-order valence-electron chi connectivity index (χ3n) is 4.69. The van der Waals surface area contributed by atoms with Crippen LogP contribution >= 0.6 is 0 Å². The monoisotopic (exact) mass is 404 g/mol. The van der Waals surface area contributed by atoms with E-state index in [1.165, 1.54) is 6.33 Å². The highest BCUT2D eigenvalue weighted by atomic mass is 16.5. The van der Waals surface area contributed by atoms with Crippen LogP contribution in [0.2, 0.25) is 0 Å². The highest BCUT2D eigenvalue weighted by Gasteiger charge is 2.20.